The fourth-order valence-electron chi connectivity index (χ4n) is 16.7. The summed E-state index contributed by atoms with van der Waals surface area (Å²) in [6.45, 7) is 13.0. The second kappa shape index (κ2) is 34.3. The van der Waals surface area contributed by atoms with E-state index in [1.165, 1.54) is 55.4 Å². The van der Waals surface area contributed by atoms with Crippen LogP contribution < -0.4 is 14.5 Å². The summed E-state index contributed by atoms with van der Waals surface area (Å²) in [5, 5.41) is 26.4. The van der Waals surface area contributed by atoms with Crippen molar-refractivity contribution in [3.05, 3.63) is 129 Å². The number of nitrogens with zero attached hydrogens (tertiary/aromatic N) is 13. The van der Waals surface area contributed by atoms with Crippen molar-refractivity contribution in [3.63, 3.8) is 0 Å². The number of anilines is 2. The topological polar surface area (TPSA) is 388 Å². The highest BCUT2D eigenvalue weighted by molar-refractivity contribution is 6.03. The molecule has 6 aromatic rings. The molecule has 36 heteroatoms. The van der Waals surface area contributed by atoms with Crippen LogP contribution >= 0.6 is 0 Å². The molecule has 0 bridgehead atoms. The highest BCUT2D eigenvalue weighted by Gasteiger charge is 2.59. The zero-order valence-electron chi connectivity index (χ0n) is 64.1. The number of hydrogen-bond donors (Lipinski definition) is 0. The van der Waals surface area contributed by atoms with Crippen molar-refractivity contribution in [1.82, 2.24) is 54.8 Å². The van der Waals surface area contributed by atoms with Crippen LogP contribution in [0.2, 0.25) is 0 Å². The van der Waals surface area contributed by atoms with Crippen LogP contribution in [0.3, 0.4) is 0 Å². The van der Waals surface area contributed by atoms with E-state index in [2.05, 4.69) is 76.1 Å². The first kappa shape index (κ1) is 78.9. The Kier molecular flexibility index (Phi) is 23.9. The molecule has 602 valence electrons. The first-order valence-electron chi connectivity index (χ1n) is 37.9. The second-order valence-electron chi connectivity index (χ2n) is 28.9. The van der Waals surface area contributed by atoms with Gasteiger partial charge in [-0.1, -0.05) is 39.9 Å². The molecule has 8 aliphatic rings. The minimum Gasteiger partial charge on any atom is -0.463 e. The molecule has 0 aliphatic carbocycles. The lowest BCUT2D eigenvalue weighted by Gasteiger charge is -2.48. The van der Waals surface area contributed by atoms with Gasteiger partial charge in [-0.3, -0.25) is 48.1 Å². The van der Waals surface area contributed by atoms with Crippen LogP contribution in [0, 0.1) is 0 Å². The van der Waals surface area contributed by atoms with E-state index in [1.54, 1.807) is 10.9 Å². The number of ether oxygens (including phenoxy) is 14. The maximum absolute atomic E-state index is 15.2. The van der Waals surface area contributed by atoms with Crippen LogP contribution in [0.15, 0.2) is 67.3 Å². The van der Waals surface area contributed by atoms with E-state index in [4.69, 9.17) is 66.3 Å². The number of fused-ring (bicyclic) bond motifs is 8. The molecule has 0 saturated carbocycles. The Labute approximate surface area is 649 Å². The van der Waals surface area contributed by atoms with Crippen LogP contribution in [0.5, 0.6) is 11.5 Å². The largest absolute Gasteiger partial charge is 0.463 e. The van der Waals surface area contributed by atoms with Crippen molar-refractivity contribution in [2.24, 2.45) is 0 Å². The normalized spacial score (nSPS) is 23.6. The van der Waals surface area contributed by atoms with Gasteiger partial charge in [-0.2, -0.15) is 0 Å². The van der Waals surface area contributed by atoms with E-state index in [0.717, 1.165) is 148 Å². The Bertz CT molecular complexity index is 4500. The van der Waals surface area contributed by atoms with Gasteiger partial charge in [0.2, 0.25) is 0 Å². The van der Waals surface area contributed by atoms with E-state index in [0.29, 0.717) is 17.8 Å². The lowest BCUT2D eigenvalue weighted by atomic mass is 9.70. The summed E-state index contributed by atoms with van der Waals surface area (Å²) < 4.78 is 86.9. The number of rotatable bonds is 30. The van der Waals surface area contributed by atoms with E-state index in [1.807, 2.05) is 23.1 Å². The highest BCUT2D eigenvalue weighted by Crippen LogP contribution is 2.63. The molecule has 36 nitrogen and oxygen atoms in total. The molecule has 1 spiro atoms. The minimum absolute atomic E-state index is 0.0467. The van der Waals surface area contributed by atoms with Gasteiger partial charge in [0.25, 0.3) is 5.91 Å². The first-order valence-corrected chi connectivity index (χ1v) is 37.9. The molecule has 11 heterocycles. The number of aromatic nitrogens is 9. The number of amides is 1. The summed E-state index contributed by atoms with van der Waals surface area (Å²) in [5.74, 6) is -4.67. The maximum atomic E-state index is 15.2. The Balaban J connectivity index is 0.645. The third kappa shape index (κ3) is 16.8. The number of esters is 8. The molecule has 2 fully saturated rings. The number of carbonyl (C=O) groups excluding carboxylic acids is 9. The molecule has 3 aromatic heterocycles. The minimum atomic E-state index is -1.51. The summed E-state index contributed by atoms with van der Waals surface area (Å²) in [6.07, 6.45) is 1.32. The van der Waals surface area contributed by atoms with Crippen LogP contribution in [-0.2, 0) is 157 Å². The lowest BCUT2D eigenvalue weighted by Crippen LogP contribution is -2.60. The van der Waals surface area contributed by atoms with Crippen molar-refractivity contribution in [1.29, 1.82) is 0 Å². The van der Waals surface area contributed by atoms with E-state index in [9.17, 15) is 38.4 Å². The van der Waals surface area contributed by atoms with Crippen molar-refractivity contribution >= 4 is 65.0 Å². The van der Waals surface area contributed by atoms with Crippen molar-refractivity contribution in [3.8, 4) is 11.5 Å². The summed E-state index contributed by atoms with van der Waals surface area (Å²) in [7, 11) is 0. The van der Waals surface area contributed by atoms with Gasteiger partial charge in [-0.25, -0.2) is 14.0 Å². The fourth-order valence-corrected chi connectivity index (χ4v) is 16.7. The molecule has 8 aliphatic heterocycles. The predicted octanol–water partition coefficient (Wildman–Crippen LogP) is 4.30. The number of carbonyl (C=O) groups is 9. The maximum Gasteiger partial charge on any atom is 0.303 e. The van der Waals surface area contributed by atoms with Crippen LogP contribution in [-0.4, -0.2) is 236 Å². The summed E-state index contributed by atoms with van der Waals surface area (Å²) in [5.41, 5.74) is 11.2. The van der Waals surface area contributed by atoms with Crippen molar-refractivity contribution < 1.29 is 109 Å². The Morgan fingerprint density at radius 1 is 0.504 bits per heavy atom. The third-order valence-corrected chi connectivity index (χ3v) is 20.8. The number of hydrogen-bond acceptors (Lipinski definition) is 32. The summed E-state index contributed by atoms with van der Waals surface area (Å²) >= 11 is 0. The van der Waals surface area contributed by atoms with Crippen LogP contribution in [0.25, 0.3) is 0 Å². The fraction of sp³-hybridized carbons (Fsp3) is 0.545. The van der Waals surface area contributed by atoms with E-state index in [-0.39, 0.29) is 83.1 Å². The number of benzene rings is 3. The molecule has 1 amide bonds. The van der Waals surface area contributed by atoms with E-state index >= 15 is 4.79 Å². The Morgan fingerprint density at radius 3 is 1.52 bits per heavy atom. The molecule has 113 heavy (non-hydrogen) atoms. The first-order chi connectivity index (χ1) is 54.5. The number of allylic oxidation sites excluding steroid dienone is 1. The van der Waals surface area contributed by atoms with Crippen molar-refractivity contribution in [2.45, 2.75) is 193 Å². The monoisotopic (exact) mass is 1570 g/mol. The highest BCUT2D eigenvalue weighted by atomic mass is 16.7. The SMILES string of the molecule is CC(=O)OCC1O[C@H](n2cc(CN(Cc3cn(CCOCCOCCOCCN4C(=O)c5ccccc5C45c4cc6c7c(c4Oc4c5cc5c8c4CCCN8CCC5)CC=CN7CCC6)nn3)Cc3cn([C@H]4OC(COC(C)=O)[C@H](OC(C)=O)[C@@H](OC(C)=O)C4OC(C)=O)nn3)nn2)C(OC(C)=O)[C@@H](OC(C)=O)[C@@H]1OC(C)=O. The Hall–Kier alpha value is -10.8. The molecule has 3 aromatic carbocycles. The quantitative estimate of drug-likeness (QED) is 0.0344. The molecule has 5 unspecified atom stereocenters. The zero-order chi connectivity index (χ0) is 79.4. The molecule has 14 rings (SSSR count). The summed E-state index contributed by atoms with van der Waals surface area (Å²) in [4.78, 5) is 124. The smallest absolute Gasteiger partial charge is 0.303 e. The second-order valence-corrected chi connectivity index (χ2v) is 28.9. The van der Waals surface area contributed by atoms with Crippen molar-refractivity contribution in [2.75, 3.05) is 88.8 Å². The van der Waals surface area contributed by atoms with Gasteiger partial charge in [-0.15, -0.1) is 15.3 Å². The molecular formula is C77H91N13O23. The molecule has 2 saturated heterocycles. The summed E-state index contributed by atoms with van der Waals surface area (Å²) in [6, 6.07) is 12.8. The van der Waals surface area contributed by atoms with Gasteiger partial charge in [0.15, 0.2) is 49.1 Å². The van der Waals surface area contributed by atoms with Gasteiger partial charge < -0.3 is 81.0 Å². The van der Waals surface area contributed by atoms with Gasteiger partial charge in [0.05, 0.1) is 81.3 Å². The molecule has 0 radical (unpaired) electrons. The molecule has 0 N–H and O–H groups in total. The average Bonchev–Trinajstić information content (AvgIpc) is 1.59. The predicted molar refractivity (Wildman–Crippen MR) is 388 cm³/mol. The van der Waals surface area contributed by atoms with Crippen LogP contribution in [0.4, 0.5) is 11.4 Å². The van der Waals surface area contributed by atoms with Gasteiger partial charge in [0.1, 0.15) is 42.5 Å². The average molecular weight is 1570 g/mol. The molecular weight excluding hydrogens is 1470 g/mol. The van der Waals surface area contributed by atoms with Crippen LogP contribution in [0.1, 0.15) is 153 Å². The van der Waals surface area contributed by atoms with E-state index < -0.39 is 128 Å². The standard InChI is InChI=1S/C77H91N13O23/c1-43(91)103-41-62-68(105-45(3)93)70(107-47(5)95)72(109-49(7)97)75(111-62)89-39-54(79-82-89)36-84(37-55-40-90(83-80-55)76-73(110-50(8)98)71(108-48(6)96)69(106-46(4)94)63(112-76)42-104-44(2)92)35-53-38-87(81-78-53)25-27-100-29-31-102-32-30-101-28-26-88-74(99)56-17-9-10-20-59(56)77(88)60-33-51-15-11-21-85-23-13-18-57(64(51)85)66(60)113-67-58-19-14-24-86-22-12-16-52(65(58)86)34-61(67)77/h9-10,13,17,20,23,33-34,38-40,62-63,68-73,75-76H,11-12,14-16,18-19,21-22,24-32,35-37,41-42H2,1-8H3/t62?,63?,68-,69+,70+,71-,72?,73?,75-,76-,77?/m0/s1. The zero-order valence-corrected chi connectivity index (χ0v) is 64.1. The van der Waals surface area contributed by atoms with Gasteiger partial charge >= 0.3 is 47.8 Å². The van der Waals surface area contributed by atoms with Gasteiger partial charge in [-0.05, 0) is 79.8 Å². The third-order valence-electron chi connectivity index (χ3n) is 20.8. The van der Waals surface area contributed by atoms with Gasteiger partial charge in [0, 0.05) is 147 Å². The lowest BCUT2D eigenvalue weighted by molar-refractivity contribution is -0.270. The number of aryl methyl sites for hydroxylation is 2. The molecule has 11 atom stereocenters. The Morgan fingerprint density at radius 2 is 0.973 bits per heavy atom.